The van der Waals surface area contributed by atoms with Crippen LogP contribution in [0.5, 0.6) is 0 Å². The van der Waals surface area contributed by atoms with E-state index >= 15 is 0 Å². The van der Waals surface area contributed by atoms with Crippen LogP contribution in [0.15, 0.2) is 0 Å². The Labute approximate surface area is 69.5 Å². The third kappa shape index (κ3) is 4.14. The van der Waals surface area contributed by atoms with Gasteiger partial charge in [-0.1, -0.05) is 0 Å². The highest BCUT2D eigenvalue weighted by Gasteiger charge is 2.08. The van der Waals surface area contributed by atoms with Crippen molar-refractivity contribution in [1.82, 2.24) is 10.9 Å². The van der Waals surface area contributed by atoms with Crippen LogP contribution in [0, 0.1) is 0 Å². The lowest BCUT2D eigenvalue weighted by Gasteiger charge is -2.13. The second-order valence-electron chi connectivity index (χ2n) is 2.14. The summed E-state index contributed by atoms with van der Waals surface area (Å²) in [5.41, 5.74) is 4.72. The summed E-state index contributed by atoms with van der Waals surface area (Å²) in [6.45, 7) is -0.735. The van der Waals surface area contributed by atoms with Crippen LogP contribution in [0.25, 0.3) is 0 Å². The summed E-state index contributed by atoms with van der Waals surface area (Å²) < 4.78 is 0. The molecule has 0 rings (SSSR count). The van der Waals surface area contributed by atoms with Crippen LogP contribution in [0.2, 0.25) is 0 Å². The Hall–Kier alpha value is -0.820. The normalized spacial score (nSPS) is 15.2. The first-order valence-electron chi connectivity index (χ1n) is 3.41. The maximum Gasteiger partial charge on any atom is 0.140 e. The summed E-state index contributed by atoms with van der Waals surface area (Å²) in [6.07, 6.45) is 0.985. The van der Waals surface area contributed by atoms with Crippen LogP contribution in [-0.2, 0) is 9.59 Å². The maximum absolute atomic E-state index is 10.1. The van der Waals surface area contributed by atoms with Crippen LogP contribution < -0.4 is 10.9 Å². The smallest absolute Gasteiger partial charge is 0.140 e. The van der Waals surface area contributed by atoms with Crippen LogP contribution in [0.1, 0.15) is 0 Å². The molecule has 70 valence electrons. The maximum atomic E-state index is 10.1. The van der Waals surface area contributed by atoms with Gasteiger partial charge in [0.2, 0.25) is 0 Å². The molecule has 0 saturated heterocycles. The third-order valence-electron chi connectivity index (χ3n) is 1.18. The highest BCUT2D eigenvalue weighted by atomic mass is 16.3. The van der Waals surface area contributed by atoms with Crippen molar-refractivity contribution in [3.8, 4) is 0 Å². The summed E-state index contributed by atoms with van der Waals surface area (Å²) >= 11 is 0. The molecule has 0 aliphatic heterocycles. The van der Waals surface area contributed by atoms with E-state index in [1.165, 1.54) is 0 Å². The SMILES string of the molecule is O=C[C@H](CO)NN[C@H](C=O)CO. The number of hydrogen-bond acceptors (Lipinski definition) is 6. The zero-order chi connectivity index (χ0) is 9.40. The van der Waals surface area contributed by atoms with Crippen molar-refractivity contribution in [2.75, 3.05) is 13.2 Å². The number of aliphatic hydroxyl groups excluding tert-OH is 2. The second-order valence-corrected chi connectivity index (χ2v) is 2.14. The minimum Gasteiger partial charge on any atom is -0.394 e. The Morgan fingerprint density at radius 1 is 1.00 bits per heavy atom. The monoisotopic (exact) mass is 176 g/mol. The number of hydrazine groups is 1. The van der Waals surface area contributed by atoms with E-state index in [1.807, 2.05) is 0 Å². The average Bonchev–Trinajstić information content (AvgIpc) is 2.13. The second kappa shape index (κ2) is 6.86. The number of rotatable bonds is 7. The molecule has 0 aromatic rings. The van der Waals surface area contributed by atoms with Gasteiger partial charge in [-0.3, -0.25) is 0 Å². The van der Waals surface area contributed by atoms with Gasteiger partial charge in [-0.15, -0.1) is 0 Å². The first kappa shape index (κ1) is 11.2. The Balaban J connectivity index is 3.62. The van der Waals surface area contributed by atoms with Crippen molar-refractivity contribution >= 4 is 12.6 Å². The van der Waals surface area contributed by atoms with E-state index in [2.05, 4.69) is 10.9 Å². The lowest BCUT2D eigenvalue weighted by molar-refractivity contribution is -0.113. The van der Waals surface area contributed by atoms with Gasteiger partial charge in [-0.05, 0) is 0 Å². The zero-order valence-electron chi connectivity index (χ0n) is 6.43. The molecule has 0 spiro atoms. The predicted octanol–water partition coefficient (Wildman–Crippen LogP) is -2.80. The van der Waals surface area contributed by atoms with Gasteiger partial charge in [0.25, 0.3) is 0 Å². The van der Waals surface area contributed by atoms with E-state index in [1.54, 1.807) is 0 Å². The fourth-order valence-electron chi connectivity index (χ4n) is 0.459. The van der Waals surface area contributed by atoms with Crippen molar-refractivity contribution in [1.29, 1.82) is 0 Å². The number of aliphatic hydroxyl groups is 2. The van der Waals surface area contributed by atoms with Crippen molar-refractivity contribution in [2.45, 2.75) is 12.1 Å². The molecule has 6 heteroatoms. The van der Waals surface area contributed by atoms with Crippen LogP contribution in [-0.4, -0.2) is 48.1 Å². The Bertz CT molecular complexity index is 126. The highest BCUT2D eigenvalue weighted by molar-refractivity contribution is 5.59. The zero-order valence-corrected chi connectivity index (χ0v) is 6.43. The molecule has 0 aliphatic carbocycles. The largest absolute Gasteiger partial charge is 0.394 e. The van der Waals surface area contributed by atoms with Gasteiger partial charge >= 0.3 is 0 Å². The van der Waals surface area contributed by atoms with Crippen molar-refractivity contribution in [2.24, 2.45) is 0 Å². The molecule has 0 unspecified atom stereocenters. The van der Waals surface area contributed by atoms with Gasteiger partial charge in [-0.25, -0.2) is 10.9 Å². The van der Waals surface area contributed by atoms with Gasteiger partial charge in [0.15, 0.2) is 0 Å². The number of aldehydes is 2. The molecule has 0 aromatic carbocycles. The lowest BCUT2D eigenvalue weighted by atomic mass is 10.3. The average molecular weight is 176 g/mol. The van der Waals surface area contributed by atoms with Crippen LogP contribution in [0.3, 0.4) is 0 Å². The number of carbonyl (C=O) groups excluding carboxylic acids is 2. The summed E-state index contributed by atoms with van der Waals surface area (Å²) in [5, 5.41) is 17.0. The summed E-state index contributed by atoms with van der Waals surface area (Å²) in [4.78, 5) is 20.2. The minimum atomic E-state index is -0.765. The molecule has 12 heavy (non-hydrogen) atoms. The molecule has 0 fully saturated rings. The fourth-order valence-corrected chi connectivity index (χ4v) is 0.459. The van der Waals surface area contributed by atoms with E-state index in [-0.39, 0.29) is 13.2 Å². The predicted molar refractivity (Wildman–Crippen MR) is 40.1 cm³/mol. The lowest BCUT2D eigenvalue weighted by Crippen LogP contribution is -2.50. The van der Waals surface area contributed by atoms with E-state index in [9.17, 15) is 9.59 Å². The molecule has 0 heterocycles. The molecule has 0 aliphatic rings. The molecular weight excluding hydrogens is 164 g/mol. The van der Waals surface area contributed by atoms with Crippen LogP contribution in [0.4, 0.5) is 0 Å². The van der Waals surface area contributed by atoms with Gasteiger partial charge in [0.1, 0.15) is 12.6 Å². The van der Waals surface area contributed by atoms with Gasteiger partial charge in [0, 0.05) is 0 Å². The van der Waals surface area contributed by atoms with Crippen LogP contribution >= 0.6 is 0 Å². The van der Waals surface area contributed by atoms with Crippen molar-refractivity contribution < 1.29 is 19.8 Å². The van der Waals surface area contributed by atoms with E-state index in [4.69, 9.17) is 10.2 Å². The summed E-state index contributed by atoms with van der Waals surface area (Å²) in [5.74, 6) is 0. The molecule has 4 N–H and O–H groups in total. The third-order valence-corrected chi connectivity index (χ3v) is 1.18. The highest BCUT2D eigenvalue weighted by Crippen LogP contribution is 1.75. The first-order valence-corrected chi connectivity index (χ1v) is 3.41. The topological polar surface area (TPSA) is 98.7 Å². The molecule has 0 aromatic heterocycles. The van der Waals surface area contributed by atoms with E-state index in [0.717, 1.165) is 0 Å². The summed E-state index contributed by atoms with van der Waals surface area (Å²) in [6, 6.07) is -1.53. The molecule has 0 bridgehead atoms. The fraction of sp³-hybridized carbons (Fsp3) is 0.667. The van der Waals surface area contributed by atoms with Crippen molar-refractivity contribution in [3.63, 3.8) is 0 Å². The Morgan fingerprint density at radius 3 is 1.50 bits per heavy atom. The number of nitrogens with one attached hydrogen (secondary N) is 2. The molecule has 0 radical (unpaired) electrons. The van der Waals surface area contributed by atoms with Crippen molar-refractivity contribution in [3.05, 3.63) is 0 Å². The van der Waals surface area contributed by atoms with Gasteiger partial charge in [0.05, 0.1) is 25.3 Å². The molecule has 6 nitrogen and oxygen atoms in total. The quantitative estimate of drug-likeness (QED) is 0.247. The van der Waals surface area contributed by atoms with Gasteiger partial charge in [-0.2, -0.15) is 0 Å². The summed E-state index contributed by atoms with van der Waals surface area (Å²) in [7, 11) is 0. The first-order chi connectivity index (χ1) is 5.78. The minimum absolute atomic E-state index is 0.368. The molecule has 0 saturated carbocycles. The number of carbonyl (C=O) groups is 2. The number of hydrogen-bond donors (Lipinski definition) is 4. The van der Waals surface area contributed by atoms with E-state index in [0.29, 0.717) is 12.6 Å². The Morgan fingerprint density at radius 2 is 1.33 bits per heavy atom. The molecule has 2 atom stereocenters. The van der Waals surface area contributed by atoms with E-state index < -0.39 is 12.1 Å². The standard InChI is InChI=1S/C6H12N2O4/c9-1-5(2-10)7-8-6(3-11)4-12/h1,3,5-8,10,12H,2,4H2/t5-,6-/m1/s1. The van der Waals surface area contributed by atoms with Gasteiger partial charge < -0.3 is 19.8 Å². The Kier molecular flexibility index (Phi) is 6.39. The molecule has 0 amide bonds. The molecular formula is C6H12N2O4.